The number of nitrogens with zero attached hydrogens (tertiary/aromatic N) is 2. The molecule has 0 atom stereocenters. The Morgan fingerprint density at radius 2 is 1.65 bits per heavy atom. The fourth-order valence-electron chi connectivity index (χ4n) is 3.90. The third-order valence-electron chi connectivity index (χ3n) is 5.61. The van der Waals surface area contributed by atoms with E-state index < -0.39 is 0 Å². The van der Waals surface area contributed by atoms with E-state index in [1.807, 2.05) is 65.2 Å². The Morgan fingerprint density at radius 1 is 0.912 bits per heavy atom. The molecule has 0 aliphatic carbocycles. The molecule has 1 heterocycles. The van der Waals surface area contributed by atoms with E-state index in [0.29, 0.717) is 30.0 Å². The first-order valence-electron chi connectivity index (χ1n) is 11.1. The Morgan fingerprint density at radius 3 is 2.41 bits per heavy atom. The lowest BCUT2D eigenvalue weighted by Gasteiger charge is -2.11. The largest absolute Gasteiger partial charge is 0.493 e. The molecule has 0 bridgehead atoms. The maximum Gasteiger partial charge on any atom is 0.224 e. The van der Waals surface area contributed by atoms with E-state index in [4.69, 9.17) is 14.5 Å². The van der Waals surface area contributed by atoms with E-state index >= 15 is 0 Å². The number of para-hydroxylation sites is 2. The van der Waals surface area contributed by atoms with Gasteiger partial charge in [0.25, 0.3) is 0 Å². The van der Waals surface area contributed by atoms with Crippen LogP contribution < -0.4 is 14.8 Å². The van der Waals surface area contributed by atoms with Crippen molar-refractivity contribution in [3.05, 3.63) is 89.7 Å². The zero-order valence-corrected chi connectivity index (χ0v) is 19.3. The van der Waals surface area contributed by atoms with Crippen molar-refractivity contribution in [1.82, 2.24) is 14.9 Å². The second-order valence-electron chi connectivity index (χ2n) is 7.86. The molecule has 0 fully saturated rings. The highest BCUT2D eigenvalue weighted by Crippen LogP contribution is 2.27. The zero-order valence-electron chi connectivity index (χ0n) is 19.3. The number of amides is 1. The van der Waals surface area contributed by atoms with Crippen LogP contribution in [0.25, 0.3) is 11.0 Å². The maximum atomic E-state index is 12.9. The second kappa shape index (κ2) is 10.7. The zero-order chi connectivity index (χ0) is 23.9. The van der Waals surface area contributed by atoms with E-state index in [-0.39, 0.29) is 24.7 Å². The van der Waals surface area contributed by atoms with Crippen LogP contribution in [0.4, 0.5) is 0 Å². The number of hydrogen-bond donors (Lipinski definition) is 1. The van der Waals surface area contributed by atoms with Gasteiger partial charge < -0.3 is 19.4 Å². The Hall–Kier alpha value is -4.13. The molecule has 1 amide bonds. The molecule has 7 heteroatoms. The van der Waals surface area contributed by atoms with Gasteiger partial charge in [-0.2, -0.15) is 0 Å². The van der Waals surface area contributed by atoms with E-state index in [1.165, 1.54) is 0 Å². The van der Waals surface area contributed by atoms with Gasteiger partial charge in [-0.3, -0.25) is 9.59 Å². The number of hydrogen-bond acceptors (Lipinski definition) is 5. The summed E-state index contributed by atoms with van der Waals surface area (Å²) in [6, 6.07) is 22.4. The monoisotopic (exact) mass is 457 g/mol. The van der Waals surface area contributed by atoms with Crippen molar-refractivity contribution in [2.75, 3.05) is 20.8 Å². The van der Waals surface area contributed by atoms with Crippen LogP contribution in [-0.4, -0.2) is 42.0 Å². The van der Waals surface area contributed by atoms with Crippen molar-refractivity contribution >= 4 is 22.7 Å². The minimum Gasteiger partial charge on any atom is -0.493 e. The van der Waals surface area contributed by atoms with Gasteiger partial charge in [0, 0.05) is 18.5 Å². The number of imidazole rings is 1. The number of fused-ring (bicyclic) bond motifs is 1. The molecule has 0 spiro atoms. The van der Waals surface area contributed by atoms with E-state index in [1.54, 1.807) is 26.4 Å². The van der Waals surface area contributed by atoms with Gasteiger partial charge in [-0.15, -0.1) is 0 Å². The van der Waals surface area contributed by atoms with Gasteiger partial charge in [-0.25, -0.2) is 4.98 Å². The standard InChI is InChI=1S/C27H27N3O4/c1-33-24-13-12-19(16-25(24)34-2)17-27(32)28-15-14-26-29-21-10-6-7-11-22(21)30(26)18-23(31)20-8-4-3-5-9-20/h3-13,16H,14-15,17-18H2,1-2H3,(H,28,32). The first-order valence-corrected chi connectivity index (χ1v) is 11.1. The Balaban J connectivity index is 1.43. The number of carbonyl (C=O) groups excluding carboxylic acids is 2. The quantitative estimate of drug-likeness (QED) is 0.366. The van der Waals surface area contributed by atoms with Crippen LogP contribution in [0.15, 0.2) is 72.8 Å². The van der Waals surface area contributed by atoms with Crippen LogP contribution in [0, 0.1) is 0 Å². The number of Topliss-reactive ketones (excluding diaryl/α,β-unsaturated/α-hetero) is 1. The maximum absolute atomic E-state index is 12.9. The smallest absolute Gasteiger partial charge is 0.224 e. The van der Waals surface area contributed by atoms with Crippen molar-refractivity contribution in [3.63, 3.8) is 0 Å². The minimum atomic E-state index is -0.102. The highest BCUT2D eigenvalue weighted by Gasteiger charge is 2.15. The number of benzene rings is 3. The molecule has 7 nitrogen and oxygen atoms in total. The summed E-state index contributed by atoms with van der Waals surface area (Å²) in [4.78, 5) is 30.1. The molecule has 34 heavy (non-hydrogen) atoms. The molecule has 1 N–H and O–H groups in total. The average Bonchev–Trinajstić information content (AvgIpc) is 3.21. The number of carbonyl (C=O) groups is 2. The van der Waals surface area contributed by atoms with Crippen molar-refractivity contribution < 1.29 is 19.1 Å². The molecule has 0 aliphatic rings. The van der Waals surface area contributed by atoms with Gasteiger partial charge in [0.15, 0.2) is 17.3 Å². The summed E-state index contributed by atoms with van der Waals surface area (Å²) in [5, 5.41) is 2.95. The summed E-state index contributed by atoms with van der Waals surface area (Å²) in [7, 11) is 3.14. The van der Waals surface area contributed by atoms with E-state index in [0.717, 1.165) is 22.4 Å². The summed E-state index contributed by atoms with van der Waals surface area (Å²) < 4.78 is 12.5. The summed E-state index contributed by atoms with van der Waals surface area (Å²) >= 11 is 0. The fourth-order valence-corrected chi connectivity index (χ4v) is 3.90. The van der Waals surface area contributed by atoms with Crippen molar-refractivity contribution in [2.24, 2.45) is 0 Å². The highest BCUT2D eigenvalue weighted by molar-refractivity contribution is 5.96. The average molecular weight is 458 g/mol. The molecular weight excluding hydrogens is 430 g/mol. The normalized spacial score (nSPS) is 10.8. The lowest BCUT2D eigenvalue weighted by atomic mass is 10.1. The number of ether oxygens (including phenoxy) is 2. The molecule has 3 aromatic carbocycles. The molecule has 0 aliphatic heterocycles. The van der Waals surface area contributed by atoms with Gasteiger partial charge in [0.2, 0.25) is 5.91 Å². The third-order valence-corrected chi connectivity index (χ3v) is 5.61. The number of aromatic nitrogens is 2. The molecule has 0 unspecified atom stereocenters. The predicted octanol–water partition coefficient (Wildman–Crippen LogP) is 3.84. The number of nitrogens with one attached hydrogen (secondary N) is 1. The number of methoxy groups -OCH3 is 2. The summed E-state index contributed by atoms with van der Waals surface area (Å²) in [5.41, 5.74) is 3.22. The fraction of sp³-hybridized carbons (Fsp3) is 0.222. The Bertz CT molecular complexity index is 1300. The van der Waals surface area contributed by atoms with Crippen LogP contribution in [0.3, 0.4) is 0 Å². The Kier molecular flexibility index (Phi) is 7.22. The van der Waals surface area contributed by atoms with E-state index in [2.05, 4.69) is 5.32 Å². The molecule has 0 radical (unpaired) electrons. The lowest BCUT2D eigenvalue weighted by Crippen LogP contribution is -2.28. The van der Waals surface area contributed by atoms with Gasteiger partial charge in [-0.1, -0.05) is 48.5 Å². The topological polar surface area (TPSA) is 82.5 Å². The summed E-state index contributed by atoms with van der Waals surface area (Å²) in [5.74, 6) is 1.88. The molecule has 1 aromatic heterocycles. The van der Waals surface area contributed by atoms with Crippen molar-refractivity contribution in [2.45, 2.75) is 19.4 Å². The first kappa shape index (κ1) is 23.0. The highest BCUT2D eigenvalue weighted by atomic mass is 16.5. The second-order valence-corrected chi connectivity index (χ2v) is 7.86. The van der Waals surface area contributed by atoms with Crippen molar-refractivity contribution in [3.8, 4) is 11.5 Å². The van der Waals surface area contributed by atoms with Gasteiger partial charge in [0.05, 0.1) is 38.2 Å². The van der Waals surface area contributed by atoms with Gasteiger partial charge in [-0.05, 0) is 29.8 Å². The third kappa shape index (κ3) is 5.26. The molecule has 4 aromatic rings. The molecule has 0 saturated heterocycles. The summed E-state index contributed by atoms with van der Waals surface area (Å²) in [6.07, 6.45) is 0.734. The van der Waals surface area contributed by atoms with Crippen LogP contribution in [0.5, 0.6) is 11.5 Å². The first-order chi connectivity index (χ1) is 16.6. The van der Waals surface area contributed by atoms with E-state index in [9.17, 15) is 9.59 Å². The molecule has 4 rings (SSSR count). The van der Waals surface area contributed by atoms with Gasteiger partial charge in [0.1, 0.15) is 5.82 Å². The predicted molar refractivity (Wildman–Crippen MR) is 130 cm³/mol. The SMILES string of the molecule is COc1ccc(CC(=O)NCCc2nc3ccccc3n2CC(=O)c2ccccc2)cc1OC. The van der Waals surface area contributed by atoms with Crippen molar-refractivity contribution in [1.29, 1.82) is 0 Å². The van der Waals surface area contributed by atoms with Crippen LogP contribution in [-0.2, 0) is 24.2 Å². The number of rotatable bonds is 10. The van der Waals surface area contributed by atoms with Gasteiger partial charge >= 0.3 is 0 Å². The minimum absolute atomic E-state index is 0.0162. The Labute approximate surface area is 198 Å². The molecule has 0 saturated carbocycles. The van der Waals surface area contributed by atoms with Crippen LogP contribution in [0.2, 0.25) is 0 Å². The molecule has 174 valence electrons. The number of ketones is 1. The molecular formula is C27H27N3O4. The summed E-state index contributed by atoms with van der Waals surface area (Å²) in [6.45, 7) is 0.606. The van der Waals surface area contributed by atoms with Crippen LogP contribution in [0.1, 0.15) is 21.7 Å². The van der Waals surface area contributed by atoms with Crippen LogP contribution >= 0.6 is 0 Å². The lowest BCUT2D eigenvalue weighted by molar-refractivity contribution is -0.120.